The van der Waals surface area contributed by atoms with Crippen molar-refractivity contribution in [2.75, 3.05) is 5.88 Å². The largest absolute Gasteiger partial charge is 0.350 e. The molecule has 0 N–H and O–H groups in total. The number of halogens is 1. The first-order valence-electron chi connectivity index (χ1n) is 12.0. The second kappa shape index (κ2) is 7.27. The van der Waals surface area contributed by atoms with Gasteiger partial charge in [0.2, 0.25) is 0 Å². The van der Waals surface area contributed by atoms with E-state index in [1.54, 1.807) is 0 Å². The first kappa shape index (κ1) is 19.5. The number of fused-ring (bicyclic) bond motifs is 3. The van der Waals surface area contributed by atoms with Gasteiger partial charge in [0.1, 0.15) is 0 Å². The van der Waals surface area contributed by atoms with Crippen molar-refractivity contribution in [3.63, 3.8) is 0 Å². The van der Waals surface area contributed by atoms with Crippen molar-refractivity contribution in [2.24, 2.45) is 11.8 Å². The summed E-state index contributed by atoms with van der Waals surface area (Å²) in [6.07, 6.45) is 5.90. The zero-order chi connectivity index (χ0) is 22.0. The van der Waals surface area contributed by atoms with E-state index in [-0.39, 0.29) is 5.41 Å². The lowest BCUT2D eigenvalue weighted by atomic mass is 9.75. The Hall–Kier alpha value is -2.97. The SMILES string of the molecule is ClCC1Cn2c(ccc2C2c3cccn3CC3CC32c2ccccc2)C=C1c1ccccc1. The minimum absolute atomic E-state index is 0.199. The molecule has 0 saturated heterocycles. The molecule has 3 aliphatic rings. The molecule has 4 heterocycles. The van der Waals surface area contributed by atoms with E-state index in [1.165, 1.54) is 40.2 Å². The van der Waals surface area contributed by atoms with Crippen LogP contribution < -0.4 is 0 Å². The molecule has 1 saturated carbocycles. The van der Waals surface area contributed by atoms with Crippen LogP contribution >= 0.6 is 11.6 Å². The second-order valence-corrected chi connectivity index (χ2v) is 10.2. The van der Waals surface area contributed by atoms with Gasteiger partial charge in [-0.05, 0) is 59.4 Å². The molecule has 33 heavy (non-hydrogen) atoms. The molecule has 0 amide bonds. The maximum Gasteiger partial charge on any atom is 0.0496 e. The highest BCUT2D eigenvalue weighted by Gasteiger charge is 2.63. The molecule has 4 aromatic rings. The molecule has 3 heteroatoms. The summed E-state index contributed by atoms with van der Waals surface area (Å²) in [4.78, 5) is 0. The Bertz CT molecular complexity index is 1350. The Labute approximate surface area is 200 Å². The van der Waals surface area contributed by atoms with Gasteiger partial charge in [-0.25, -0.2) is 0 Å². The maximum atomic E-state index is 6.56. The third-order valence-corrected chi connectivity index (χ3v) is 8.71. The third-order valence-electron chi connectivity index (χ3n) is 8.34. The van der Waals surface area contributed by atoms with Gasteiger partial charge in [-0.15, -0.1) is 11.6 Å². The molecule has 2 aliphatic heterocycles. The zero-order valence-electron chi connectivity index (χ0n) is 18.6. The predicted octanol–water partition coefficient (Wildman–Crippen LogP) is 6.80. The number of rotatable bonds is 4. The summed E-state index contributed by atoms with van der Waals surface area (Å²) in [7, 11) is 0. The predicted molar refractivity (Wildman–Crippen MR) is 135 cm³/mol. The Morgan fingerprint density at radius 1 is 0.818 bits per heavy atom. The second-order valence-electron chi connectivity index (χ2n) is 9.94. The number of benzene rings is 2. The molecule has 1 aliphatic carbocycles. The number of hydrogen-bond acceptors (Lipinski definition) is 0. The average molecular weight is 451 g/mol. The van der Waals surface area contributed by atoms with Gasteiger partial charge in [0, 0.05) is 59.5 Å². The van der Waals surface area contributed by atoms with Crippen molar-refractivity contribution in [1.29, 1.82) is 0 Å². The Morgan fingerprint density at radius 3 is 2.39 bits per heavy atom. The number of hydrogen-bond donors (Lipinski definition) is 0. The molecule has 0 radical (unpaired) electrons. The van der Waals surface area contributed by atoms with Gasteiger partial charge < -0.3 is 9.13 Å². The standard InChI is InChI=1S/C30H27ClN2/c31-18-22-19-33-25(16-26(22)21-8-3-1-4-9-21)13-14-28(33)29-27-12-7-15-32(27)20-24-17-30(24,29)23-10-5-2-6-11-23/h1-16,22,24,29H,17-20H2. The van der Waals surface area contributed by atoms with Gasteiger partial charge in [0.25, 0.3) is 0 Å². The average Bonchev–Trinajstić information content (AvgIpc) is 3.20. The van der Waals surface area contributed by atoms with Crippen LogP contribution in [0.3, 0.4) is 0 Å². The van der Waals surface area contributed by atoms with Crippen molar-refractivity contribution in [1.82, 2.24) is 9.13 Å². The minimum atomic E-state index is 0.199. The quantitative estimate of drug-likeness (QED) is 0.302. The number of nitrogens with zero attached hydrogens (tertiary/aromatic N) is 2. The van der Waals surface area contributed by atoms with Crippen LogP contribution in [0.4, 0.5) is 0 Å². The van der Waals surface area contributed by atoms with Crippen LogP contribution in [0.2, 0.25) is 0 Å². The molecule has 164 valence electrons. The monoisotopic (exact) mass is 450 g/mol. The van der Waals surface area contributed by atoms with Crippen molar-refractivity contribution in [3.05, 3.63) is 119 Å². The smallest absolute Gasteiger partial charge is 0.0496 e. The summed E-state index contributed by atoms with van der Waals surface area (Å²) in [6.45, 7) is 2.07. The van der Waals surface area contributed by atoms with Gasteiger partial charge in [-0.2, -0.15) is 0 Å². The molecule has 7 rings (SSSR count). The van der Waals surface area contributed by atoms with E-state index in [1.807, 2.05) is 0 Å². The highest BCUT2D eigenvalue weighted by Crippen LogP contribution is 2.67. The number of allylic oxidation sites excluding steroid dienone is 1. The zero-order valence-corrected chi connectivity index (χ0v) is 19.3. The minimum Gasteiger partial charge on any atom is -0.350 e. The van der Waals surface area contributed by atoms with Crippen molar-refractivity contribution in [3.8, 4) is 0 Å². The molecule has 2 aromatic heterocycles. The van der Waals surface area contributed by atoms with E-state index in [0.717, 1.165) is 13.1 Å². The summed E-state index contributed by atoms with van der Waals surface area (Å²) < 4.78 is 5.06. The van der Waals surface area contributed by atoms with Gasteiger partial charge in [0.05, 0.1) is 0 Å². The lowest BCUT2D eigenvalue weighted by molar-refractivity contribution is 0.398. The van der Waals surface area contributed by atoms with Gasteiger partial charge in [0.15, 0.2) is 0 Å². The van der Waals surface area contributed by atoms with Gasteiger partial charge in [-0.3, -0.25) is 0 Å². The van der Waals surface area contributed by atoms with E-state index in [9.17, 15) is 0 Å². The van der Waals surface area contributed by atoms with Gasteiger partial charge >= 0.3 is 0 Å². The van der Waals surface area contributed by atoms with Crippen LogP contribution in [-0.4, -0.2) is 15.0 Å². The third kappa shape index (κ3) is 2.80. The summed E-state index contributed by atoms with van der Waals surface area (Å²) in [5, 5.41) is 0. The first-order valence-corrected chi connectivity index (χ1v) is 12.6. The number of alkyl halides is 1. The van der Waals surface area contributed by atoms with Gasteiger partial charge in [-0.1, -0.05) is 60.7 Å². The van der Waals surface area contributed by atoms with E-state index >= 15 is 0 Å². The first-order chi connectivity index (χ1) is 16.3. The van der Waals surface area contributed by atoms with Crippen LogP contribution in [0.5, 0.6) is 0 Å². The van der Waals surface area contributed by atoms with E-state index in [4.69, 9.17) is 11.6 Å². The summed E-state index contributed by atoms with van der Waals surface area (Å²) in [5.74, 6) is 2.00. The molecule has 4 unspecified atom stereocenters. The van der Waals surface area contributed by atoms with E-state index in [0.29, 0.717) is 23.6 Å². The van der Waals surface area contributed by atoms with Crippen LogP contribution in [0.1, 0.15) is 40.5 Å². The topological polar surface area (TPSA) is 9.86 Å². The molecule has 1 fully saturated rings. The Balaban J connectivity index is 1.39. The van der Waals surface area contributed by atoms with Crippen molar-refractivity contribution >= 4 is 23.3 Å². The van der Waals surface area contributed by atoms with Crippen LogP contribution in [0.25, 0.3) is 11.6 Å². The highest BCUT2D eigenvalue weighted by molar-refractivity contribution is 6.18. The van der Waals surface area contributed by atoms with E-state index in [2.05, 4.69) is 106 Å². The fourth-order valence-corrected chi connectivity index (χ4v) is 7.00. The summed E-state index contributed by atoms with van der Waals surface area (Å²) >= 11 is 6.56. The number of aromatic nitrogens is 2. The van der Waals surface area contributed by atoms with E-state index < -0.39 is 0 Å². The summed E-state index contributed by atoms with van der Waals surface area (Å²) in [6, 6.07) is 31.2. The molecule has 4 atom stereocenters. The molecule has 2 nitrogen and oxygen atoms in total. The highest BCUT2D eigenvalue weighted by atomic mass is 35.5. The lowest BCUT2D eigenvalue weighted by Gasteiger charge is -2.36. The van der Waals surface area contributed by atoms with Crippen LogP contribution in [0.15, 0.2) is 91.1 Å². The maximum absolute atomic E-state index is 6.56. The molecule has 2 aromatic carbocycles. The Kier molecular flexibility index (Phi) is 4.29. The molecule has 0 bridgehead atoms. The lowest BCUT2D eigenvalue weighted by Crippen LogP contribution is -2.33. The fourth-order valence-electron chi connectivity index (χ4n) is 6.74. The molecule has 0 spiro atoms. The van der Waals surface area contributed by atoms with Crippen LogP contribution in [0, 0.1) is 11.8 Å². The normalized spacial score (nSPS) is 27.3. The Morgan fingerprint density at radius 2 is 1.61 bits per heavy atom. The van der Waals surface area contributed by atoms with Crippen molar-refractivity contribution < 1.29 is 0 Å². The summed E-state index contributed by atoms with van der Waals surface area (Å²) in [5.41, 5.74) is 8.53. The molecular weight excluding hydrogens is 424 g/mol. The fraction of sp³-hybridized carbons (Fsp3) is 0.267. The molecular formula is C30H27ClN2. The van der Waals surface area contributed by atoms with Crippen LogP contribution in [-0.2, 0) is 18.5 Å². The van der Waals surface area contributed by atoms with Crippen molar-refractivity contribution in [2.45, 2.75) is 30.8 Å².